The lowest BCUT2D eigenvalue weighted by atomic mass is 10.2. The molecule has 2 N–H and O–H groups in total. The monoisotopic (exact) mass is 240 g/mol. The normalized spacial score (nSPS) is 10.6. The van der Waals surface area contributed by atoms with E-state index in [-0.39, 0.29) is 0 Å². The highest BCUT2D eigenvalue weighted by Gasteiger charge is 2.09. The number of thioether (sulfide) groups is 1. The molecule has 0 bridgehead atoms. The van der Waals surface area contributed by atoms with Crippen molar-refractivity contribution in [3.05, 3.63) is 18.5 Å². The van der Waals surface area contributed by atoms with Crippen molar-refractivity contribution in [1.82, 2.24) is 14.8 Å². The van der Waals surface area contributed by atoms with Gasteiger partial charge in [-0.3, -0.25) is 0 Å². The van der Waals surface area contributed by atoms with Crippen molar-refractivity contribution >= 4 is 11.8 Å². The quantitative estimate of drug-likeness (QED) is 0.428. The highest BCUT2D eigenvalue weighted by molar-refractivity contribution is 7.98. The predicted octanol–water partition coefficient (Wildman–Crippen LogP) is 1.86. The minimum atomic E-state index is 0.773. The molecule has 0 saturated heterocycles. The van der Waals surface area contributed by atoms with Crippen molar-refractivity contribution in [3.63, 3.8) is 0 Å². The highest BCUT2D eigenvalue weighted by atomic mass is 32.2. The van der Waals surface area contributed by atoms with E-state index in [0.29, 0.717) is 0 Å². The van der Waals surface area contributed by atoms with Crippen LogP contribution in [-0.2, 0) is 13.0 Å². The molecule has 0 spiro atoms. The van der Waals surface area contributed by atoms with Crippen LogP contribution < -0.4 is 5.73 Å². The van der Waals surface area contributed by atoms with Gasteiger partial charge in [-0.15, -0.1) is 16.8 Å². The first-order chi connectivity index (χ1) is 7.83. The van der Waals surface area contributed by atoms with Crippen LogP contribution in [-0.4, -0.2) is 27.6 Å². The number of hydrogen-bond donors (Lipinski definition) is 1. The highest BCUT2D eigenvalue weighted by Crippen LogP contribution is 2.15. The molecule has 1 heterocycles. The van der Waals surface area contributed by atoms with Crippen LogP contribution in [0.3, 0.4) is 0 Å². The van der Waals surface area contributed by atoms with Gasteiger partial charge in [0.15, 0.2) is 5.16 Å². The van der Waals surface area contributed by atoms with Crippen LogP contribution in [0, 0.1) is 0 Å². The lowest BCUT2D eigenvalue weighted by Gasteiger charge is -2.05. The van der Waals surface area contributed by atoms with Gasteiger partial charge in [-0.25, -0.2) is 0 Å². The maximum Gasteiger partial charge on any atom is 0.191 e. The van der Waals surface area contributed by atoms with Crippen LogP contribution in [0.2, 0.25) is 0 Å². The maximum atomic E-state index is 5.46. The van der Waals surface area contributed by atoms with Gasteiger partial charge < -0.3 is 10.3 Å². The number of rotatable bonds is 8. The molecule has 0 unspecified atom stereocenters. The van der Waals surface area contributed by atoms with Crippen LogP contribution in [0.1, 0.15) is 25.1 Å². The zero-order valence-electron chi connectivity index (χ0n) is 9.85. The SMILES string of the molecule is C=CCn1c(CCCCCN)nnc1SC. The number of aryl methyl sites for hydroxylation is 1. The van der Waals surface area contributed by atoms with E-state index in [9.17, 15) is 0 Å². The molecule has 5 heteroatoms. The molecule has 0 radical (unpaired) electrons. The van der Waals surface area contributed by atoms with Crippen LogP contribution in [0.25, 0.3) is 0 Å². The molecule has 0 amide bonds. The van der Waals surface area contributed by atoms with Gasteiger partial charge in [0.05, 0.1) is 0 Å². The van der Waals surface area contributed by atoms with Gasteiger partial charge in [0, 0.05) is 13.0 Å². The second-order valence-corrected chi connectivity index (χ2v) is 4.37. The Hall–Kier alpha value is -0.810. The summed E-state index contributed by atoms with van der Waals surface area (Å²) in [6.07, 6.45) is 8.24. The summed E-state index contributed by atoms with van der Waals surface area (Å²) >= 11 is 1.62. The molecule has 16 heavy (non-hydrogen) atoms. The fraction of sp³-hybridized carbons (Fsp3) is 0.636. The molecule has 0 saturated carbocycles. The van der Waals surface area contributed by atoms with Crippen molar-refractivity contribution < 1.29 is 0 Å². The topological polar surface area (TPSA) is 56.7 Å². The van der Waals surface area contributed by atoms with E-state index in [1.54, 1.807) is 11.8 Å². The van der Waals surface area contributed by atoms with Crippen molar-refractivity contribution in [2.45, 2.75) is 37.4 Å². The van der Waals surface area contributed by atoms with Crippen molar-refractivity contribution in [1.29, 1.82) is 0 Å². The summed E-state index contributed by atoms with van der Waals surface area (Å²) in [5.74, 6) is 1.06. The van der Waals surface area contributed by atoms with E-state index in [4.69, 9.17) is 5.73 Å². The minimum absolute atomic E-state index is 0.773. The molecule has 0 aliphatic heterocycles. The van der Waals surface area contributed by atoms with Crippen molar-refractivity contribution in [2.75, 3.05) is 12.8 Å². The molecule has 0 aliphatic carbocycles. The van der Waals surface area contributed by atoms with Crippen molar-refractivity contribution in [3.8, 4) is 0 Å². The maximum absolute atomic E-state index is 5.46. The molecule has 0 aliphatic rings. The third kappa shape index (κ3) is 3.64. The average Bonchev–Trinajstić information content (AvgIpc) is 2.68. The van der Waals surface area contributed by atoms with Crippen LogP contribution in [0.5, 0.6) is 0 Å². The second kappa shape index (κ2) is 7.46. The fourth-order valence-electron chi connectivity index (χ4n) is 1.57. The van der Waals surface area contributed by atoms with Gasteiger partial charge >= 0.3 is 0 Å². The fourth-order valence-corrected chi connectivity index (χ4v) is 2.09. The number of hydrogen-bond acceptors (Lipinski definition) is 4. The standard InChI is InChI=1S/C11H20N4S/c1-3-9-15-10(7-5-4-6-8-12)13-14-11(15)16-2/h3H,1,4-9,12H2,2H3. The summed E-state index contributed by atoms with van der Waals surface area (Å²) in [5, 5.41) is 9.34. The molecule has 1 rings (SSSR count). The lowest BCUT2D eigenvalue weighted by Crippen LogP contribution is -2.04. The summed E-state index contributed by atoms with van der Waals surface area (Å²) in [6.45, 7) is 5.32. The van der Waals surface area contributed by atoms with Gasteiger partial charge in [0.2, 0.25) is 0 Å². The zero-order valence-corrected chi connectivity index (χ0v) is 10.7. The molecule has 0 aromatic carbocycles. The minimum Gasteiger partial charge on any atom is -0.330 e. The Bertz CT molecular complexity index is 322. The lowest BCUT2D eigenvalue weighted by molar-refractivity contribution is 0.625. The molecule has 4 nitrogen and oxygen atoms in total. The van der Waals surface area contributed by atoms with E-state index in [0.717, 1.165) is 49.8 Å². The number of nitrogens with two attached hydrogens (primary N) is 1. The molecular weight excluding hydrogens is 220 g/mol. The summed E-state index contributed by atoms with van der Waals surface area (Å²) in [6, 6.07) is 0. The molecule has 0 fully saturated rings. The van der Waals surface area contributed by atoms with Crippen molar-refractivity contribution in [2.24, 2.45) is 5.73 Å². The number of allylic oxidation sites excluding steroid dienone is 1. The van der Waals surface area contributed by atoms with Crippen LogP contribution in [0.4, 0.5) is 0 Å². The van der Waals surface area contributed by atoms with Gasteiger partial charge in [-0.1, -0.05) is 24.3 Å². The second-order valence-electron chi connectivity index (χ2n) is 3.60. The van der Waals surface area contributed by atoms with Gasteiger partial charge in [0.1, 0.15) is 5.82 Å². The Balaban J connectivity index is 2.56. The summed E-state index contributed by atoms with van der Waals surface area (Å²) in [7, 11) is 0. The molecule has 90 valence electrons. The first-order valence-corrected chi connectivity index (χ1v) is 6.83. The van der Waals surface area contributed by atoms with Gasteiger partial charge in [-0.05, 0) is 25.6 Å². The third-order valence-electron chi connectivity index (χ3n) is 2.39. The number of nitrogens with zero attached hydrogens (tertiary/aromatic N) is 3. The Morgan fingerprint density at radius 2 is 2.19 bits per heavy atom. The van der Waals surface area contributed by atoms with E-state index in [1.807, 2.05) is 12.3 Å². The number of aromatic nitrogens is 3. The Morgan fingerprint density at radius 1 is 1.38 bits per heavy atom. The first-order valence-electron chi connectivity index (χ1n) is 5.60. The molecular formula is C11H20N4S. The van der Waals surface area contributed by atoms with Crippen LogP contribution in [0.15, 0.2) is 17.8 Å². The smallest absolute Gasteiger partial charge is 0.191 e. The van der Waals surface area contributed by atoms with E-state index >= 15 is 0 Å². The van der Waals surface area contributed by atoms with E-state index in [2.05, 4.69) is 21.3 Å². The molecule has 0 atom stereocenters. The first kappa shape index (κ1) is 13.3. The zero-order chi connectivity index (χ0) is 11.8. The van der Waals surface area contributed by atoms with Crippen LogP contribution >= 0.6 is 11.8 Å². The molecule has 1 aromatic rings. The largest absolute Gasteiger partial charge is 0.330 e. The van der Waals surface area contributed by atoms with E-state index in [1.165, 1.54) is 0 Å². The summed E-state index contributed by atoms with van der Waals surface area (Å²) in [5.41, 5.74) is 5.46. The Morgan fingerprint density at radius 3 is 2.81 bits per heavy atom. The van der Waals surface area contributed by atoms with Gasteiger partial charge in [0.25, 0.3) is 0 Å². The summed E-state index contributed by atoms with van der Waals surface area (Å²) in [4.78, 5) is 0. The summed E-state index contributed by atoms with van der Waals surface area (Å²) < 4.78 is 2.13. The average molecular weight is 240 g/mol. The third-order valence-corrected chi connectivity index (χ3v) is 3.06. The Labute approximate surface area is 101 Å². The van der Waals surface area contributed by atoms with Gasteiger partial charge in [-0.2, -0.15) is 0 Å². The Kier molecular flexibility index (Phi) is 6.18. The molecule has 1 aromatic heterocycles. The van der Waals surface area contributed by atoms with E-state index < -0.39 is 0 Å². The number of unbranched alkanes of at least 4 members (excludes halogenated alkanes) is 2. The predicted molar refractivity (Wildman–Crippen MR) is 68.6 cm³/mol.